The van der Waals surface area contributed by atoms with Crippen molar-refractivity contribution in [1.29, 1.82) is 0 Å². The summed E-state index contributed by atoms with van der Waals surface area (Å²) in [7, 11) is 0. The van der Waals surface area contributed by atoms with E-state index in [1.807, 2.05) is 18.2 Å². The van der Waals surface area contributed by atoms with Crippen LogP contribution in [0.3, 0.4) is 0 Å². The SMILES string of the molecule is CC(O)(CNC(=O)c1cnc(OCc2ccccn2)c(-c2ccc(F)cc2)c1)C1CC1. The van der Waals surface area contributed by atoms with Crippen LogP contribution in [0, 0.1) is 11.7 Å². The Bertz CT molecular complexity index is 1050. The third-order valence-electron chi connectivity index (χ3n) is 5.42. The molecule has 3 aromatic rings. The molecular weight excluding hydrogens is 397 g/mol. The van der Waals surface area contributed by atoms with Crippen molar-refractivity contribution in [2.45, 2.75) is 32.0 Å². The molecule has 1 aliphatic carbocycles. The third kappa shape index (κ3) is 5.24. The van der Waals surface area contributed by atoms with Crippen molar-refractivity contribution >= 4 is 5.91 Å². The number of nitrogens with one attached hydrogen (secondary N) is 1. The lowest BCUT2D eigenvalue weighted by Gasteiger charge is -2.23. The molecule has 1 amide bonds. The lowest BCUT2D eigenvalue weighted by atomic mass is 10.0. The average molecular weight is 421 g/mol. The predicted molar refractivity (Wildman–Crippen MR) is 114 cm³/mol. The Morgan fingerprint density at radius 3 is 2.68 bits per heavy atom. The maximum atomic E-state index is 13.4. The maximum Gasteiger partial charge on any atom is 0.252 e. The van der Waals surface area contributed by atoms with Crippen LogP contribution in [0.25, 0.3) is 11.1 Å². The van der Waals surface area contributed by atoms with Gasteiger partial charge in [0.25, 0.3) is 5.91 Å². The molecule has 1 aliphatic rings. The molecule has 2 aromatic heterocycles. The molecule has 0 aliphatic heterocycles. The fourth-order valence-corrected chi connectivity index (χ4v) is 3.36. The summed E-state index contributed by atoms with van der Waals surface area (Å²) in [5, 5.41) is 13.2. The van der Waals surface area contributed by atoms with Gasteiger partial charge in [-0.1, -0.05) is 18.2 Å². The van der Waals surface area contributed by atoms with Gasteiger partial charge in [0.05, 0.1) is 16.9 Å². The van der Waals surface area contributed by atoms with E-state index in [0.717, 1.165) is 18.5 Å². The standard InChI is InChI=1S/C24H24FN3O3/c1-24(30,18-7-8-18)15-28-22(29)17-12-21(16-5-9-19(25)10-6-16)23(27-13-17)31-14-20-4-2-3-11-26-20/h2-6,9-13,18,30H,7-8,14-15H2,1H3,(H,28,29). The first-order valence-electron chi connectivity index (χ1n) is 10.2. The predicted octanol–water partition coefficient (Wildman–Crippen LogP) is 3.75. The molecule has 2 heterocycles. The van der Waals surface area contributed by atoms with Crippen molar-refractivity contribution in [1.82, 2.24) is 15.3 Å². The summed E-state index contributed by atoms with van der Waals surface area (Å²) in [5.74, 6) is -0.154. The summed E-state index contributed by atoms with van der Waals surface area (Å²) in [6.07, 6.45) is 5.06. The number of carbonyl (C=O) groups is 1. The molecule has 1 aromatic carbocycles. The van der Waals surface area contributed by atoms with Crippen molar-refractivity contribution < 1.29 is 19.0 Å². The van der Waals surface area contributed by atoms with Gasteiger partial charge >= 0.3 is 0 Å². The number of nitrogens with zero attached hydrogens (tertiary/aromatic N) is 2. The summed E-state index contributed by atoms with van der Waals surface area (Å²) in [6.45, 7) is 2.11. The Kier molecular flexibility index (Phi) is 5.95. The van der Waals surface area contributed by atoms with Crippen molar-refractivity contribution in [3.63, 3.8) is 0 Å². The number of rotatable bonds is 8. The molecule has 0 saturated heterocycles. The lowest BCUT2D eigenvalue weighted by Crippen LogP contribution is -2.42. The van der Waals surface area contributed by atoms with Gasteiger partial charge in [0, 0.05) is 24.5 Å². The van der Waals surface area contributed by atoms with Gasteiger partial charge in [0.15, 0.2) is 0 Å². The van der Waals surface area contributed by atoms with Gasteiger partial charge in [0.1, 0.15) is 12.4 Å². The summed E-state index contributed by atoms with van der Waals surface area (Å²) in [4.78, 5) is 21.3. The van der Waals surface area contributed by atoms with E-state index in [1.54, 1.807) is 31.3 Å². The van der Waals surface area contributed by atoms with E-state index in [4.69, 9.17) is 4.74 Å². The molecule has 160 valence electrons. The van der Waals surface area contributed by atoms with Gasteiger partial charge < -0.3 is 15.2 Å². The summed E-state index contributed by atoms with van der Waals surface area (Å²) in [6, 6.07) is 13.1. The largest absolute Gasteiger partial charge is 0.471 e. The number of halogens is 1. The molecule has 0 spiro atoms. The van der Waals surface area contributed by atoms with E-state index in [2.05, 4.69) is 15.3 Å². The molecule has 0 radical (unpaired) electrons. The minimum atomic E-state index is -0.922. The van der Waals surface area contributed by atoms with Crippen LogP contribution in [0.5, 0.6) is 5.88 Å². The van der Waals surface area contributed by atoms with E-state index in [9.17, 15) is 14.3 Å². The van der Waals surface area contributed by atoms with Crippen LogP contribution in [0.4, 0.5) is 4.39 Å². The van der Waals surface area contributed by atoms with E-state index in [-0.39, 0.29) is 30.8 Å². The molecule has 1 saturated carbocycles. The monoisotopic (exact) mass is 421 g/mol. The number of aliphatic hydroxyl groups is 1. The fourth-order valence-electron chi connectivity index (χ4n) is 3.36. The fraction of sp³-hybridized carbons (Fsp3) is 0.292. The van der Waals surface area contributed by atoms with Crippen LogP contribution in [0.15, 0.2) is 60.9 Å². The number of pyridine rings is 2. The number of hydrogen-bond acceptors (Lipinski definition) is 5. The molecule has 4 rings (SSSR count). The highest BCUT2D eigenvalue weighted by Crippen LogP contribution is 2.39. The number of amides is 1. The molecule has 31 heavy (non-hydrogen) atoms. The van der Waals surface area contributed by atoms with Crippen LogP contribution in [-0.2, 0) is 6.61 Å². The summed E-state index contributed by atoms with van der Waals surface area (Å²) < 4.78 is 19.3. The Morgan fingerprint density at radius 1 is 1.23 bits per heavy atom. The Labute approximate surface area is 180 Å². The molecule has 1 fully saturated rings. The minimum absolute atomic E-state index is 0.167. The zero-order valence-electron chi connectivity index (χ0n) is 17.2. The third-order valence-corrected chi connectivity index (χ3v) is 5.42. The quantitative estimate of drug-likeness (QED) is 0.579. The minimum Gasteiger partial charge on any atom is -0.471 e. The molecule has 2 N–H and O–H groups in total. The zero-order chi connectivity index (χ0) is 21.8. The van der Waals surface area contributed by atoms with E-state index >= 15 is 0 Å². The average Bonchev–Trinajstić information content (AvgIpc) is 3.64. The topological polar surface area (TPSA) is 84.3 Å². The first-order chi connectivity index (χ1) is 14.9. The second kappa shape index (κ2) is 8.81. The smallest absolute Gasteiger partial charge is 0.252 e. The van der Waals surface area contributed by atoms with Crippen LogP contribution < -0.4 is 10.1 Å². The van der Waals surface area contributed by atoms with Crippen molar-refractivity contribution in [3.05, 3.63) is 78.0 Å². The second-order valence-electron chi connectivity index (χ2n) is 8.01. The maximum absolute atomic E-state index is 13.4. The van der Waals surface area contributed by atoms with Crippen LogP contribution >= 0.6 is 0 Å². The highest BCUT2D eigenvalue weighted by Gasteiger charge is 2.40. The zero-order valence-corrected chi connectivity index (χ0v) is 17.2. The summed E-state index contributed by atoms with van der Waals surface area (Å²) in [5.41, 5.74) is 1.38. The highest BCUT2D eigenvalue weighted by molar-refractivity contribution is 5.95. The first-order valence-corrected chi connectivity index (χ1v) is 10.2. The molecule has 0 bridgehead atoms. The molecular formula is C24H24FN3O3. The van der Waals surface area contributed by atoms with Crippen molar-refractivity contribution in [3.8, 4) is 17.0 Å². The first kappa shape index (κ1) is 20.9. The van der Waals surface area contributed by atoms with E-state index < -0.39 is 5.60 Å². The van der Waals surface area contributed by atoms with Gasteiger partial charge in [-0.05, 0) is 61.6 Å². The van der Waals surface area contributed by atoms with Gasteiger partial charge in [-0.2, -0.15) is 0 Å². The lowest BCUT2D eigenvalue weighted by molar-refractivity contribution is 0.0354. The number of aromatic nitrogens is 2. The van der Waals surface area contributed by atoms with Gasteiger partial charge in [-0.3, -0.25) is 9.78 Å². The number of carbonyl (C=O) groups excluding carboxylic acids is 1. The van der Waals surface area contributed by atoms with Crippen molar-refractivity contribution in [2.75, 3.05) is 6.54 Å². The normalized spacial score (nSPS) is 15.2. The highest BCUT2D eigenvalue weighted by atomic mass is 19.1. The molecule has 1 unspecified atom stereocenters. The van der Waals surface area contributed by atoms with Crippen LogP contribution in [-0.4, -0.2) is 33.1 Å². The molecule has 1 atom stereocenters. The number of benzene rings is 1. The number of ether oxygens (including phenoxy) is 1. The Hall–Kier alpha value is -3.32. The van der Waals surface area contributed by atoms with Crippen molar-refractivity contribution in [2.24, 2.45) is 5.92 Å². The van der Waals surface area contributed by atoms with Crippen LogP contribution in [0.1, 0.15) is 35.8 Å². The van der Waals surface area contributed by atoms with Gasteiger partial charge in [-0.25, -0.2) is 9.37 Å². The molecule has 6 nitrogen and oxygen atoms in total. The van der Waals surface area contributed by atoms with Gasteiger partial charge in [-0.15, -0.1) is 0 Å². The molecule has 7 heteroatoms. The Balaban J connectivity index is 1.56. The van der Waals surface area contributed by atoms with Crippen LogP contribution in [0.2, 0.25) is 0 Å². The second-order valence-corrected chi connectivity index (χ2v) is 8.01. The van der Waals surface area contributed by atoms with E-state index in [1.165, 1.54) is 18.3 Å². The summed E-state index contributed by atoms with van der Waals surface area (Å²) >= 11 is 0. The van der Waals surface area contributed by atoms with E-state index in [0.29, 0.717) is 22.6 Å². The Morgan fingerprint density at radius 2 is 2.00 bits per heavy atom. The number of hydrogen-bond donors (Lipinski definition) is 2. The van der Waals surface area contributed by atoms with Gasteiger partial charge in [0.2, 0.25) is 5.88 Å².